The lowest BCUT2D eigenvalue weighted by molar-refractivity contribution is -0.150. The van der Waals surface area contributed by atoms with Crippen LogP contribution in [0.4, 0.5) is 0 Å². The van der Waals surface area contributed by atoms with E-state index < -0.39 is 5.97 Å². The maximum absolute atomic E-state index is 11.7. The first-order chi connectivity index (χ1) is 12.0. The fourth-order valence-corrected chi connectivity index (χ4v) is 2.68. The first kappa shape index (κ1) is 19.0. The minimum Gasteiger partial charge on any atom is -0.482 e. The summed E-state index contributed by atoms with van der Waals surface area (Å²) in [5.41, 5.74) is 3.67. The van der Waals surface area contributed by atoms with Crippen LogP contribution >= 0.6 is 0 Å². The van der Waals surface area contributed by atoms with E-state index in [1.807, 2.05) is 32.0 Å². The van der Waals surface area contributed by atoms with E-state index in [4.69, 9.17) is 9.47 Å². The van der Waals surface area contributed by atoms with Gasteiger partial charge < -0.3 is 14.8 Å². The molecule has 0 fully saturated rings. The number of hydrogen-bond acceptors (Lipinski definition) is 4. The van der Waals surface area contributed by atoms with Gasteiger partial charge in [0.2, 0.25) is 0 Å². The van der Waals surface area contributed by atoms with Crippen molar-refractivity contribution in [3.05, 3.63) is 41.0 Å². The number of nitrogens with one attached hydrogen (secondary N) is 1. The molecular formula is C20H27NO4. The summed E-state index contributed by atoms with van der Waals surface area (Å²) in [4.78, 5) is 23.4. The van der Waals surface area contributed by atoms with Crippen molar-refractivity contribution in [2.75, 3.05) is 19.8 Å². The average Bonchev–Trinajstić information content (AvgIpc) is 2.62. The third kappa shape index (κ3) is 6.99. The molecule has 0 heterocycles. The molecule has 1 aliphatic rings. The molecule has 136 valence electrons. The fraction of sp³-hybridized carbons (Fsp3) is 0.500. The number of rotatable bonds is 8. The smallest absolute Gasteiger partial charge is 0.344 e. The topological polar surface area (TPSA) is 64.6 Å². The van der Waals surface area contributed by atoms with Crippen LogP contribution in [0.5, 0.6) is 5.75 Å². The van der Waals surface area contributed by atoms with Crippen molar-refractivity contribution in [3.63, 3.8) is 0 Å². The number of carbonyl (C=O) groups excluding carboxylic acids is 2. The Hall–Kier alpha value is -2.30. The summed E-state index contributed by atoms with van der Waals surface area (Å²) >= 11 is 0. The van der Waals surface area contributed by atoms with E-state index in [0.29, 0.717) is 12.3 Å². The lowest BCUT2D eigenvalue weighted by atomic mass is 9.97. The van der Waals surface area contributed by atoms with E-state index in [-0.39, 0.29) is 19.1 Å². The fourth-order valence-electron chi connectivity index (χ4n) is 2.68. The van der Waals surface area contributed by atoms with Crippen molar-refractivity contribution in [1.82, 2.24) is 5.32 Å². The van der Waals surface area contributed by atoms with Crippen LogP contribution in [0.1, 0.15) is 43.2 Å². The van der Waals surface area contributed by atoms with Gasteiger partial charge in [0.1, 0.15) is 5.75 Å². The third-order valence-electron chi connectivity index (χ3n) is 4.35. The maximum atomic E-state index is 11.7. The lowest BCUT2D eigenvalue weighted by Gasteiger charge is -2.13. The van der Waals surface area contributed by atoms with Crippen molar-refractivity contribution in [3.8, 4) is 5.75 Å². The molecule has 1 aromatic rings. The molecule has 0 radical (unpaired) electrons. The van der Waals surface area contributed by atoms with Gasteiger partial charge in [-0.05, 0) is 69.2 Å². The second-order valence-corrected chi connectivity index (χ2v) is 6.40. The standard InChI is InChI=1S/C20H27NO4/c1-15-8-9-18(12-16(15)2)24-14-20(23)25-13-19(22)21-11-10-17-6-4-3-5-7-17/h6,8-9,12H,3-5,7,10-11,13-14H2,1-2H3,(H,21,22). The van der Waals surface area contributed by atoms with Gasteiger partial charge >= 0.3 is 5.97 Å². The third-order valence-corrected chi connectivity index (χ3v) is 4.35. The van der Waals surface area contributed by atoms with Crippen molar-refractivity contribution in [2.45, 2.75) is 46.0 Å². The summed E-state index contributed by atoms with van der Waals surface area (Å²) < 4.78 is 10.3. The van der Waals surface area contributed by atoms with Crippen molar-refractivity contribution in [2.24, 2.45) is 0 Å². The second-order valence-electron chi connectivity index (χ2n) is 6.40. The molecule has 0 saturated carbocycles. The van der Waals surface area contributed by atoms with Crippen LogP contribution in [0.25, 0.3) is 0 Å². The largest absolute Gasteiger partial charge is 0.482 e. The van der Waals surface area contributed by atoms with Crippen LogP contribution < -0.4 is 10.1 Å². The highest BCUT2D eigenvalue weighted by Gasteiger charge is 2.09. The van der Waals surface area contributed by atoms with Crippen LogP contribution in [-0.4, -0.2) is 31.6 Å². The number of esters is 1. The molecule has 25 heavy (non-hydrogen) atoms. The van der Waals surface area contributed by atoms with Gasteiger partial charge in [0.15, 0.2) is 13.2 Å². The highest BCUT2D eigenvalue weighted by Crippen LogP contribution is 2.19. The maximum Gasteiger partial charge on any atom is 0.344 e. The monoisotopic (exact) mass is 345 g/mol. The molecule has 0 aromatic heterocycles. The second kappa shape index (κ2) is 9.87. The number of ether oxygens (including phenoxy) is 2. The van der Waals surface area contributed by atoms with Crippen molar-refractivity contribution in [1.29, 1.82) is 0 Å². The Morgan fingerprint density at radius 3 is 2.68 bits per heavy atom. The van der Waals surface area contributed by atoms with E-state index >= 15 is 0 Å². The molecule has 1 aliphatic carbocycles. The minimum absolute atomic E-state index is 0.206. The zero-order chi connectivity index (χ0) is 18.1. The summed E-state index contributed by atoms with van der Waals surface area (Å²) in [6.07, 6.45) is 7.89. The average molecular weight is 345 g/mol. The summed E-state index contributed by atoms with van der Waals surface area (Å²) in [5, 5.41) is 2.77. The Labute approximate surface area is 149 Å². The predicted molar refractivity (Wildman–Crippen MR) is 96.5 cm³/mol. The minimum atomic E-state index is -0.552. The zero-order valence-corrected chi connectivity index (χ0v) is 15.1. The van der Waals surface area contributed by atoms with Crippen LogP contribution in [0, 0.1) is 13.8 Å². The molecule has 0 aliphatic heterocycles. The predicted octanol–water partition coefficient (Wildman–Crippen LogP) is 3.23. The summed E-state index contributed by atoms with van der Waals surface area (Å²) in [6, 6.07) is 5.61. The van der Waals surface area contributed by atoms with Crippen molar-refractivity contribution < 1.29 is 19.1 Å². The van der Waals surface area contributed by atoms with Gasteiger partial charge in [-0.15, -0.1) is 0 Å². The van der Waals surface area contributed by atoms with E-state index in [1.165, 1.54) is 18.4 Å². The van der Waals surface area contributed by atoms with Crippen LogP contribution in [0.15, 0.2) is 29.8 Å². The van der Waals surface area contributed by atoms with Gasteiger partial charge in [-0.25, -0.2) is 4.79 Å². The Balaban J connectivity index is 1.59. The quantitative estimate of drug-likeness (QED) is 0.580. The highest BCUT2D eigenvalue weighted by atomic mass is 16.6. The number of allylic oxidation sites excluding steroid dienone is 1. The molecule has 1 amide bonds. The Kier molecular flexibility index (Phi) is 7.51. The number of benzene rings is 1. The van der Waals surface area contributed by atoms with E-state index in [2.05, 4.69) is 11.4 Å². The molecular weight excluding hydrogens is 318 g/mol. The van der Waals surface area contributed by atoms with E-state index in [1.54, 1.807) is 0 Å². The molecule has 5 nitrogen and oxygen atoms in total. The Bertz CT molecular complexity index is 637. The Morgan fingerprint density at radius 2 is 1.96 bits per heavy atom. The molecule has 5 heteroatoms. The van der Waals surface area contributed by atoms with Gasteiger partial charge in [0.25, 0.3) is 5.91 Å². The number of hydrogen-bond donors (Lipinski definition) is 1. The number of amides is 1. The summed E-state index contributed by atoms with van der Waals surface area (Å²) in [6.45, 7) is 4.10. The van der Waals surface area contributed by atoms with Crippen LogP contribution in [0.3, 0.4) is 0 Å². The van der Waals surface area contributed by atoms with Gasteiger partial charge in [-0.1, -0.05) is 17.7 Å². The normalized spacial score (nSPS) is 13.8. The number of aryl methyl sites for hydroxylation is 2. The van der Waals surface area contributed by atoms with E-state index in [9.17, 15) is 9.59 Å². The molecule has 2 rings (SSSR count). The van der Waals surface area contributed by atoms with Gasteiger partial charge in [0.05, 0.1) is 0 Å². The molecule has 0 atom stereocenters. The van der Waals surface area contributed by atoms with E-state index in [0.717, 1.165) is 30.4 Å². The molecule has 1 N–H and O–H groups in total. The summed E-state index contributed by atoms with van der Waals surface area (Å²) in [7, 11) is 0. The van der Waals surface area contributed by atoms with Gasteiger partial charge in [0, 0.05) is 6.54 Å². The highest BCUT2D eigenvalue weighted by molar-refractivity contribution is 5.80. The number of carbonyl (C=O) groups is 2. The molecule has 0 unspecified atom stereocenters. The molecule has 0 spiro atoms. The Morgan fingerprint density at radius 1 is 1.12 bits per heavy atom. The van der Waals surface area contributed by atoms with Gasteiger partial charge in [-0.3, -0.25) is 4.79 Å². The first-order valence-corrected chi connectivity index (χ1v) is 8.85. The summed E-state index contributed by atoms with van der Waals surface area (Å²) in [5.74, 6) is -0.218. The molecule has 0 bridgehead atoms. The molecule has 1 aromatic carbocycles. The lowest BCUT2D eigenvalue weighted by Crippen LogP contribution is -2.30. The van der Waals surface area contributed by atoms with Crippen molar-refractivity contribution >= 4 is 11.9 Å². The van der Waals surface area contributed by atoms with Crippen LogP contribution in [0.2, 0.25) is 0 Å². The SMILES string of the molecule is Cc1ccc(OCC(=O)OCC(=O)NCCC2=CCCCC2)cc1C. The first-order valence-electron chi connectivity index (χ1n) is 8.85. The zero-order valence-electron chi connectivity index (χ0n) is 15.1. The van der Waals surface area contributed by atoms with Crippen LogP contribution in [-0.2, 0) is 14.3 Å². The van der Waals surface area contributed by atoms with Gasteiger partial charge in [-0.2, -0.15) is 0 Å². The molecule has 0 saturated heterocycles.